The van der Waals surface area contributed by atoms with Crippen LogP contribution in [0.25, 0.3) is 21.9 Å². The Bertz CT molecular complexity index is 1310. The second kappa shape index (κ2) is 6.93. The Morgan fingerprint density at radius 2 is 2.17 bits per heavy atom. The van der Waals surface area contributed by atoms with Crippen LogP contribution in [0.4, 0.5) is 5.95 Å². The maximum atomic E-state index is 12.6. The number of benzene rings is 1. The van der Waals surface area contributed by atoms with Crippen LogP contribution >= 0.6 is 0 Å². The minimum atomic E-state index is 0.0629. The Balaban J connectivity index is 1.16. The van der Waals surface area contributed by atoms with Crippen molar-refractivity contribution in [2.45, 2.75) is 44.7 Å². The molecule has 7 nitrogen and oxygen atoms in total. The number of anilines is 1. The third-order valence-corrected chi connectivity index (χ3v) is 6.76. The Hall–Kier alpha value is -3.22. The molecule has 152 valence electrons. The summed E-state index contributed by atoms with van der Waals surface area (Å²) in [5.41, 5.74) is 3.18. The van der Waals surface area contributed by atoms with E-state index in [0.29, 0.717) is 29.8 Å². The van der Waals surface area contributed by atoms with Gasteiger partial charge in [0.15, 0.2) is 0 Å². The summed E-state index contributed by atoms with van der Waals surface area (Å²) in [6, 6.07) is 8.78. The van der Waals surface area contributed by atoms with E-state index in [1.165, 1.54) is 31.2 Å². The molecule has 6 rings (SSSR count). The van der Waals surface area contributed by atoms with Gasteiger partial charge in [-0.1, -0.05) is 6.07 Å². The van der Waals surface area contributed by atoms with Crippen molar-refractivity contribution in [3.63, 3.8) is 0 Å². The number of rotatable bonds is 4. The van der Waals surface area contributed by atoms with E-state index in [0.717, 1.165) is 29.5 Å². The lowest BCUT2D eigenvalue weighted by atomic mass is 9.97. The predicted octanol–water partition coefficient (Wildman–Crippen LogP) is 3.54. The number of hydrogen-bond acceptors (Lipinski definition) is 5. The van der Waals surface area contributed by atoms with Crippen LogP contribution in [0.5, 0.6) is 0 Å². The van der Waals surface area contributed by atoms with Crippen LogP contribution in [0.1, 0.15) is 37.3 Å². The van der Waals surface area contributed by atoms with Crippen LogP contribution in [0, 0.1) is 5.92 Å². The molecule has 4 aromatic rings. The maximum absolute atomic E-state index is 12.6. The zero-order valence-corrected chi connectivity index (χ0v) is 16.8. The first-order chi connectivity index (χ1) is 14.8. The molecule has 1 fully saturated rings. The van der Waals surface area contributed by atoms with Crippen molar-refractivity contribution < 1.29 is 0 Å². The van der Waals surface area contributed by atoms with Gasteiger partial charge in [-0.3, -0.25) is 9.36 Å². The van der Waals surface area contributed by atoms with Gasteiger partial charge < -0.3 is 9.88 Å². The smallest absolute Gasteiger partial charge is 0.262 e. The number of hydrogen-bond donors (Lipinski definition) is 1. The Kier molecular flexibility index (Phi) is 4.07. The van der Waals surface area contributed by atoms with E-state index in [1.807, 2.05) is 12.3 Å². The van der Waals surface area contributed by atoms with Gasteiger partial charge in [-0.2, -0.15) is 0 Å². The van der Waals surface area contributed by atoms with Gasteiger partial charge in [-0.05, 0) is 61.8 Å². The van der Waals surface area contributed by atoms with Crippen molar-refractivity contribution in [3.05, 3.63) is 58.9 Å². The van der Waals surface area contributed by atoms with E-state index >= 15 is 0 Å². The lowest BCUT2D eigenvalue weighted by Gasteiger charge is -2.14. The zero-order valence-electron chi connectivity index (χ0n) is 16.8. The van der Waals surface area contributed by atoms with Gasteiger partial charge in [0.1, 0.15) is 12.0 Å². The number of aromatic nitrogens is 5. The first kappa shape index (κ1) is 17.6. The molecule has 2 atom stereocenters. The minimum absolute atomic E-state index is 0.0629. The second-order valence-electron chi connectivity index (χ2n) is 8.57. The molecule has 4 heterocycles. The molecule has 0 spiro atoms. The van der Waals surface area contributed by atoms with Crippen molar-refractivity contribution in [2.24, 2.45) is 5.92 Å². The standard InChI is InChI=1S/C23H24N6O/c30-22-19-6-4-16(12-20(19)27-23-25-8-10-29(22)23)2-1-15-3-5-18(11-15)28-9-7-17-13-24-14-26-21(17)28/h4,6-7,9,12-15,18H,1-3,5,8,10-11H2,(H,25,27). The van der Waals surface area contributed by atoms with Gasteiger partial charge in [0.25, 0.3) is 5.56 Å². The van der Waals surface area contributed by atoms with Crippen molar-refractivity contribution in [1.29, 1.82) is 0 Å². The first-order valence-corrected chi connectivity index (χ1v) is 10.8. The van der Waals surface area contributed by atoms with Crippen LogP contribution < -0.4 is 10.9 Å². The third-order valence-electron chi connectivity index (χ3n) is 6.76. The second-order valence-corrected chi connectivity index (χ2v) is 8.57. The van der Waals surface area contributed by atoms with Crippen LogP contribution in [0.15, 0.2) is 47.8 Å². The van der Waals surface area contributed by atoms with Crippen LogP contribution in [0.3, 0.4) is 0 Å². The summed E-state index contributed by atoms with van der Waals surface area (Å²) in [7, 11) is 0. The van der Waals surface area contributed by atoms with E-state index in [1.54, 1.807) is 10.9 Å². The third kappa shape index (κ3) is 2.88. The monoisotopic (exact) mass is 400 g/mol. The number of aryl methyl sites for hydroxylation is 1. The molecule has 0 bridgehead atoms. The molecule has 7 heteroatoms. The van der Waals surface area contributed by atoms with E-state index < -0.39 is 0 Å². The number of fused-ring (bicyclic) bond motifs is 3. The lowest BCUT2D eigenvalue weighted by molar-refractivity contribution is 0.461. The van der Waals surface area contributed by atoms with Crippen molar-refractivity contribution in [1.82, 2.24) is 24.1 Å². The van der Waals surface area contributed by atoms with E-state index in [9.17, 15) is 4.79 Å². The van der Waals surface area contributed by atoms with Gasteiger partial charge in [0.2, 0.25) is 5.95 Å². The molecule has 1 saturated carbocycles. The minimum Gasteiger partial charge on any atom is -0.354 e. The highest BCUT2D eigenvalue weighted by atomic mass is 16.1. The molecule has 1 aromatic carbocycles. The average molecular weight is 400 g/mol. The molecule has 1 N–H and O–H groups in total. The van der Waals surface area contributed by atoms with Crippen LogP contribution in [-0.4, -0.2) is 30.6 Å². The number of nitrogens with one attached hydrogen (secondary N) is 1. The summed E-state index contributed by atoms with van der Waals surface area (Å²) >= 11 is 0. The quantitative estimate of drug-likeness (QED) is 0.567. The van der Waals surface area contributed by atoms with Gasteiger partial charge in [0.05, 0.1) is 10.9 Å². The highest BCUT2D eigenvalue weighted by Gasteiger charge is 2.26. The molecule has 0 radical (unpaired) electrons. The molecule has 1 aliphatic carbocycles. The molecular weight excluding hydrogens is 376 g/mol. The highest BCUT2D eigenvalue weighted by Crippen LogP contribution is 2.38. The summed E-state index contributed by atoms with van der Waals surface area (Å²) in [5.74, 6) is 1.41. The largest absolute Gasteiger partial charge is 0.354 e. The summed E-state index contributed by atoms with van der Waals surface area (Å²) < 4.78 is 4.06. The SMILES string of the molecule is O=c1c2ccc(CCC3CCC(n4ccc5cncnc54)C3)cc2nc2n1CCN2. The van der Waals surface area contributed by atoms with Crippen molar-refractivity contribution in [3.8, 4) is 0 Å². The maximum Gasteiger partial charge on any atom is 0.262 e. The Labute approximate surface area is 173 Å². The van der Waals surface area contributed by atoms with Crippen molar-refractivity contribution >= 4 is 27.9 Å². The fourth-order valence-corrected chi connectivity index (χ4v) is 5.17. The molecule has 0 amide bonds. The van der Waals surface area contributed by atoms with E-state index in [2.05, 4.69) is 49.2 Å². The summed E-state index contributed by atoms with van der Waals surface area (Å²) in [5, 5.41) is 5.03. The molecule has 1 aliphatic heterocycles. The summed E-state index contributed by atoms with van der Waals surface area (Å²) in [6.45, 7) is 1.47. The fourth-order valence-electron chi connectivity index (χ4n) is 5.17. The molecule has 0 saturated heterocycles. The molecular formula is C23H24N6O. The van der Waals surface area contributed by atoms with Crippen molar-refractivity contribution in [2.75, 3.05) is 11.9 Å². The van der Waals surface area contributed by atoms with Gasteiger partial charge in [-0.15, -0.1) is 0 Å². The normalized spacial score (nSPS) is 20.7. The molecule has 2 unspecified atom stereocenters. The number of nitrogens with zero attached hydrogens (tertiary/aromatic N) is 5. The van der Waals surface area contributed by atoms with Crippen LogP contribution in [0.2, 0.25) is 0 Å². The Morgan fingerprint density at radius 3 is 3.13 bits per heavy atom. The zero-order chi connectivity index (χ0) is 20.1. The highest BCUT2D eigenvalue weighted by molar-refractivity contribution is 5.79. The van der Waals surface area contributed by atoms with E-state index in [4.69, 9.17) is 0 Å². The average Bonchev–Trinajstić information content (AvgIpc) is 3.51. The summed E-state index contributed by atoms with van der Waals surface area (Å²) in [6.07, 6.45) is 11.5. The predicted molar refractivity (Wildman–Crippen MR) is 117 cm³/mol. The lowest BCUT2D eigenvalue weighted by Crippen LogP contribution is -2.19. The Morgan fingerprint density at radius 1 is 1.20 bits per heavy atom. The first-order valence-electron chi connectivity index (χ1n) is 10.8. The van der Waals surface area contributed by atoms with E-state index in [-0.39, 0.29) is 5.56 Å². The molecule has 30 heavy (non-hydrogen) atoms. The topological polar surface area (TPSA) is 77.6 Å². The summed E-state index contributed by atoms with van der Waals surface area (Å²) in [4.78, 5) is 25.9. The van der Waals surface area contributed by atoms with Gasteiger partial charge in [-0.25, -0.2) is 15.0 Å². The molecule has 3 aromatic heterocycles. The van der Waals surface area contributed by atoms with Gasteiger partial charge >= 0.3 is 0 Å². The molecule has 2 aliphatic rings. The van der Waals surface area contributed by atoms with Crippen LogP contribution in [-0.2, 0) is 13.0 Å². The van der Waals surface area contributed by atoms with Gasteiger partial charge in [0, 0.05) is 36.9 Å². The fraction of sp³-hybridized carbons (Fsp3) is 0.391.